The van der Waals surface area contributed by atoms with E-state index in [2.05, 4.69) is 36.0 Å². The Bertz CT molecular complexity index is 1110. The maximum Gasteiger partial charge on any atom is 0.255 e. The van der Waals surface area contributed by atoms with Gasteiger partial charge in [-0.15, -0.1) is 0 Å². The van der Waals surface area contributed by atoms with Crippen LogP contribution in [0.25, 0.3) is 11.4 Å². The van der Waals surface area contributed by atoms with Crippen molar-refractivity contribution in [2.75, 3.05) is 11.9 Å². The van der Waals surface area contributed by atoms with E-state index in [1.807, 2.05) is 6.07 Å². The molecule has 0 aliphatic rings. The number of H-pyrrole nitrogens is 2. The van der Waals surface area contributed by atoms with Gasteiger partial charge in [-0.1, -0.05) is 12.1 Å². The maximum absolute atomic E-state index is 13.4. The zero-order valence-electron chi connectivity index (χ0n) is 16.0. The fourth-order valence-electron chi connectivity index (χ4n) is 3.00. The number of hydrogen-bond acceptors (Lipinski definition) is 5. The number of aromatic nitrogens is 5. The molecule has 9 heteroatoms. The van der Waals surface area contributed by atoms with Crippen LogP contribution in [0.4, 0.5) is 10.2 Å². The highest BCUT2D eigenvalue weighted by Gasteiger charge is 2.15. The number of carbonyl (C=O) groups excluding carboxylic acids is 1. The molecule has 0 spiro atoms. The summed E-state index contributed by atoms with van der Waals surface area (Å²) in [5, 5.41) is 19.5. The predicted octanol–water partition coefficient (Wildman–Crippen LogP) is 2.92. The third kappa shape index (κ3) is 4.69. The third-order valence-corrected chi connectivity index (χ3v) is 4.51. The highest BCUT2D eigenvalue weighted by Crippen LogP contribution is 2.20. The molecule has 0 saturated heterocycles. The average molecular weight is 405 g/mol. The van der Waals surface area contributed by atoms with Crippen molar-refractivity contribution in [2.45, 2.75) is 13.0 Å². The summed E-state index contributed by atoms with van der Waals surface area (Å²) in [6.07, 6.45) is 3.85. The summed E-state index contributed by atoms with van der Waals surface area (Å²) in [7, 11) is 0. The van der Waals surface area contributed by atoms with E-state index in [4.69, 9.17) is 0 Å². The molecule has 30 heavy (non-hydrogen) atoms. The Morgan fingerprint density at radius 2 is 1.90 bits per heavy atom. The van der Waals surface area contributed by atoms with Gasteiger partial charge in [0.2, 0.25) is 0 Å². The van der Waals surface area contributed by atoms with Crippen LogP contribution in [0.3, 0.4) is 0 Å². The van der Waals surface area contributed by atoms with Crippen LogP contribution in [0.2, 0.25) is 0 Å². The molecule has 8 nitrogen and oxygen atoms in total. The summed E-state index contributed by atoms with van der Waals surface area (Å²) in [6.45, 7) is 0.813. The lowest BCUT2D eigenvalue weighted by Crippen LogP contribution is -2.25. The Labute approximate surface area is 172 Å². The van der Waals surface area contributed by atoms with Crippen LogP contribution in [0.1, 0.15) is 21.6 Å². The summed E-state index contributed by atoms with van der Waals surface area (Å²) >= 11 is 0. The number of carbonyl (C=O) groups is 1. The number of nitrogens with one attached hydrogen (secondary N) is 4. The predicted molar refractivity (Wildman–Crippen MR) is 110 cm³/mol. The molecule has 4 rings (SSSR count). The van der Waals surface area contributed by atoms with Gasteiger partial charge in [0.25, 0.3) is 5.91 Å². The molecule has 4 aromatic rings. The number of hydrogen-bond donors (Lipinski definition) is 4. The van der Waals surface area contributed by atoms with Crippen LogP contribution in [0, 0.1) is 5.82 Å². The first-order chi connectivity index (χ1) is 14.7. The number of pyridine rings is 1. The molecule has 3 heterocycles. The first kappa shape index (κ1) is 19.3. The van der Waals surface area contributed by atoms with Crippen LogP contribution in [-0.4, -0.2) is 37.8 Å². The van der Waals surface area contributed by atoms with Crippen molar-refractivity contribution < 1.29 is 9.18 Å². The molecule has 0 fully saturated rings. The van der Waals surface area contributed by atoms with Crippen molar-refractivity contribution in [1.82, 2.24) is 30.7 Å². The summed E-state index contributed by atoms with van der Waals surface area (Å²) in [5.74, 6) is -0.0899. The number of nitrogens with zero attached hydrogens (tertiary/aromatic N) is 3. The number of halogens is 1. The standard InChI is InChI=1S/C21H20FN7O/c22-15-3-1-2-14(12-15)6-9-23-20-17(21(30)24-13-16-7-10-25-28-16)4-5-18(27-20)19-8-11-26-29-19/h1-5,7-8,10-12H,6,9,13H2,(H,23,27)(H,24,30)(H,25,28)(H,26,29). The highest BCUT2D eigenvalue weighted by atomic mass is 19.1. The number of aromatic amines is 2. The van der Waals surface area contributed by atoms with Crippen LogP contribution in [0.5, 0.6) is 0 Å². The minimum Gasteiger partial charge on any atom is -0.369 e. The lowest BCUT2D eigenvalue weighted by molar-refractivity contribution is 0.0951. The second kappa shape index (κ2) is 8.99. The van der Waals surface area contributed by atoms with E-state index in [-0.39, 0.29) is 11.7 Å². The van der Waals surface area contributed by atoms with Crippen molar-refractivity contribution in [3.8, 4) is 11.4 Å². The molecule has 0 aliphatic heterocycles. The minimum absolute atomic E-state index is 0.262. The Morgan fingerprint density at radius 1 is 1.03 bits per heavy atom. The fourth-order valence-corrected chi connectivity index (χ4v) is 3.00. The molecule has 1 amide bonds. The van der Waals surface area contributed by atoms with Crippen molar-refractivity contribution in [3.63, 3.8) is 0 Å². The zero-order valence-corrected chi connectivity index (χ0v) is 16.0. The van der Waals surface area contributed by atoms with Gasteiger partial charge in [0.05, 0.1) is 29.2 Å². The van der Waals surface area contributed by atoms with Crippen LogP contribution < -0.4 is 10.6 Å². The van der Waals surface area contributed by atoms with Gasteiger partial charge in [-0.2, -0.15) is 10.2 Å². The second-order valence-electron chi connectivity index (χ2n) is 6.63. The molecule has 0 atom stereocenters. The number of amides is 1. The smallest absolute Gasteiger partial charge is 0.255 e. The molecule has 0 bridgehead atoms. The van der Waals surface area contributed by atoms with E-state index in [0.717, 1.165) is 17.0 Å². The molecular formula is C21H20FN7O. The SMILES string of the molecule is O=C(NCc1ccn[nH]1)c1ccc(-c2ccn[nH]2)nc1NCCc1cccc(F)c1. The van der Waals surface area contributed by atoms with Crippen molar-refractivity contribution >= 4 is 11.7 Å². The van der Waals surface area contributed by atoms with E-state index < -0.39 is 0 Å². The Morgan fingerprint density at radius 3 is 2.67 bits per heavy atom. The Balaban J connectivity index is 1.51. The number of anilines is 1. The number of benzene rings is 1. The van der Waals surface area contributed by atoms with E-state index >= 15 is 0 Å². The van der Waals surface area contributed by atoms with Crippen LogP contribution in [0.15, 0.2) is 60.9 Å². The van der Waals surface area contributed by atoms with Gasteiger partial charge in [0, 0.05) is 18.9 Å². The summed E-state index contributed by atoms with van der Waals surface area (Å²) in [6, 6.07) is 13.5. The Kier molecular flexibility index (Phi) is 5.79. The zero-order chi connectivity index (χ0) is 20.8. The van der Waals surface area contributed by atoms with Gasteiger partial charge in [-0.3, -0.25) is 15.0 Å². The van der Waals surface area contributed by atoms with Gasteiger partial charge in [0.15, 0.2) is 0 Å². The third-order valence-electron chi connectivity index (χ3n) is 4.51. The molecule has 0 unspecified atom stereocenters. The van der Waals surface area contributed by atoms with Gasteiger partial charge < -0.3 is 10.6 Å². The van der Waals surface area contributed by atoms with E-state index in [1.54, 1.807) is 42.7 Å². The first-order valence-electron chi connectivity index (χ1n) is 9.44. The molecule has 4 N–H and O–H groups in total. The van der Waals surface area contributed by atoms with Crippen LogP contribution in [-0.2, 0) is 13.0 Å². The van der Waals surface area contributed by atoms with Crippen molar-refractivity contribution in [3.05, 3.63) is 83.6 Å². The minimum atomic E-state index is -0.272. The van der Waals surface area contributed by atoms with E-state index in [1.165, 1.54) is 12.1 Å². The maximum atomic E-state index is 13.4. The van der Waals surface area contributed by atoms with Gasteiger partial charge in [-0.25, -0.2) is 9.37 Å². The molecular weight excluding hydrogens is 385 g/mol. The van der Waals surface area contributed by atoms with E-state index in [0.29, 0.717) is 36.6 Å². The largest absolute Gasteiger partial charge is 0.369 e. The van der Waals surface area contributed by atoms with Crippen LogP contribution >= 0.6 is 0 Å². The second-order valence-corrected chi connectivity index (χ2v) is 6.63. The normalized spacial score (nSPS) is 10.7. The monoisotopic (exact) mass is 405 g/mol. The quantitative estimate of drug-likeness (QED) is 0.360. The summed E-state index contributed by atoms with van der Waals surface area (Å²) in [5.41, 5.74) is 3.47. The number of rotatable bonds is 8. The first-order valence-corrected chi connectivity index (χ1v) is 9.44. The summed E-state index contributed by atoms with van der Waals surface area (Å²) < 4.78 is 13.4. The molecule has 0 radical (unpaired) electrons. The highest BCUT2D eigenvalue weighted by molar-refractivity contribution is 5.99. The lowest BCUT2D eigenvalue weighted by atomic mass is 10.1. The topological polar surface area (TPSA) is 111 Å². The molecule has 0 aliphatic carbocycles. The van der Waals surface area contributed by atoms with Gasteiger partial charge >= 0.3 is 0 Å². The molecule has 152 valence electrons. The molecule has 3 aromatic heterocycles. The van der Waals surface area contributed by atoms with E-state index in [9.17, 15) is 9.18 Å². The summed E-state index contributed by atoms with van der Waals surface area (Å²) in [4.78, 5) is 17.3. The van der Waals surface area contributed by atoms with Crippen molar-refractivity contribution in [2.24, 2.45) is 0 Å². The molecule has 1 aromatic carbocycles. The van der Waals surface area contributed by atoms with Crippen molar-refractivity contribution in [1.29, 1.82) is 0 Å². The Hall–Kier alpha value is -4.01. The van der Waals surface area contributed by atoms with Gasteiger partial charge in [0.1, 0.15) is 11.6 Å². The lowest BCUT2D eigenvalue weighted by Gasteiger charge is -2.13. The fraction of sp³-hybridized carbons (Fsp3) is 0.143. The van der Waals surface area contributed by atoms with Gasteiger partial charge in [-0.05, 0) is 48.4 Å². The molecule has 0 saturated carbocycles. The average Bonchev–Trinajstić information content (AvgIpc) is 3.46.